The molecule has 1 aliphatic rings. The van der Waals surface area contributed by atoms with Crippen molar-refractivity contribution in [1.29, 1.82) is 0 Å². The second-order valence-corrected chi connectivity index (χ2v) is 3.57. The number of hydrogen-bond acceptors (Lipinski definition) is 4. The van der Waals surface area contributed by atoms with E-state index < -0.39 is 0 Å². The molecule has 3 N–H and O–H groups in total. The van der Waals surface area contributed by atoms with Crippen molar-refractivity contribution in [3.63, 3.8) is 0 Å². The van der Waals surface area contributed by atoms with E-state index >= 15 is 0 Å². The van der Waals surface area contributed by atoms with Gasteiger partial charge in [-0.2, -0.15) is 0 Å². The molecule has 0 aromatic carbocycles. The van der Waals surface area contributed by atoms with Crippen LogP contribution in [-0.4, -0.2) is 18.2 Å². The van der Waals surface area contributed by atoms with Gasteiger partial charge in [-0.3, -0.25) is 0 Å². The molecule has 72 valence electrons. The zero-order valence-electron chi connectivity index (χ0n) is 7.84. The van der Waals surface area contributed by atoms with Crippen molar-refractivity contribution >= 4 is 5.69 Å². The van der Waals surface area contributed by atoms with E-state index in [1.54, 1.807) is 0 Å². The lowest BCUT2D eigenvalue weighted by Gasteiger charge is -2.20. The molecule has 4 nitrogen and oxygen atoms in total. The quantitative estimate of drug-likeness (QED) is 0.679. The van der Waals surface area contributed by atoms with E-state index in [1.165, 1.54) is 0 Å². The molecule has 1 aromatic heterocycles. The van der Waals surface area contributed by atoms with Crippen LogP contribution in [0, 0.1) is 6.92 Å². The molecule has 1 aliphatic heterocycles. The van der Waals surface area contributed by atoms with Gasteiger partial charge in [-0.25, -0.2) is 0 Å². The Morgan fingerprint density at radius 2 is 2.15 bits per heavy atom. The average molecular weight is 181 g/mol. The molecule has 4 heteroatoms. The van der Waals surface area contributed by atoms with Gasteiger partial charge >= 0.3 is 0 Å². The largest absolute Gasteiger partial charge is 0.394 e. The Hall–Kier alpha value is -1.03. The highest BCUT2D eigenvalue weighted by molar-refractivity contribution is 5.46. The molecule has 0 spiro atoms. The number of piperidine rings is 1. The summed E-state index contributed by atoms with van der Waals surface area (Å²) in [6.07, 6.45) is 2.19. The molecule has 13 heavy (non-hydrogen) atoms. The second-order valence-electron chi connectivity index (χ2n) is 3.57. The summed E-state index contributed by atoms with van der Waals surface area (Å²) in [6.45, 7) is 3.97. The number of aromatic nitrogens is 1. The van der Waals surface area contributed by atoms with Crippen molar-refractivity contribution in [2.24, 2.45) is 0 Å². The maximum atomic E-state index is 5.86. The van der Waals surface area contributed by atoms with E-state index in [-0.39, 0.29) is 0 Å². The number of nitrogens with zero attached hydrogens (tertiary/aromatic N) is 1. The van der Waals surface area contributed by atoms with Crippen LogP contribution in [0.3, 0.4) is 0 Å². The van der Waals surface area contributed by atoms with Crippen LogP contribution in [0.25, 0.3) is 0 Å². The summed E-state index contributed by atoms with van der Waals surface area (Å²) in [5.74, 6) is 1.35. The number of anilines is 1. The third-order valence-electron chi connectivity index (χ3n) is 2.65. The average Bonchev–Trinajstić information content (AvgIpc) is 2.49. The summed E-state index contributed by atoms with van der Waals surface area (Å²) in [6, 6.07) is 0. The molecule has 1 fully saturated rings. The molecule has 1 aromatic rings. The Bertz CT molecular complexity index is 289. The Morgan fingerprint density at radius 3 is 2.69 bits per heavy atom. The van der Waals surface area contributed by atoms with Crippen molar-refractivity contribution in [2.45, 2.75) is 25.7 Å². The number of hydrogen-bond donors (Lipinski definition) is 2. The van der Waals surface area contributed by atoms with Crippen molar-refractivity contribution in [1.82, 2.24) is 10.5 Å². The van der Waals surface area contributed by atoms with Crippen molar-refractivity contribution in [3.8, 4) is 0 Å². The topological polar surface area (TPSA) is 64.1 Å². The Balaban J connectivity index is 2.18. The molecule has 0 atom stereocenters. The lowest BCUT2D eigenvalue weighted by atomic mass is 9.94. The molecule has 0 amide bonds. The van der Waals surface area contributed by atoms with Crippen molar-refractivity contribution < 1.29 is 4.52 Å². The molecule has 0 unspecified atom stereocenters. The zero-order valence-corrected chi connectivity index (χ0v) is 7.84. The van der Waals surface area contributed by atoms with Gasteiger partial charge in [0.1, 0.15) is 5.69 Å². The van der Waals surface area contributed by atoms with Crippen LogP contribution in [0.1, 0.15) is 30.2 Å². The van der Waals surface area contributed by atoms with E-state index in [1.807, 2.05) is 6.92 Å². The number of nitrogens with two attached hydrogens (primary N) is 1. The summed E-state index contributed by atoms with van der Waals surface area (Å²) in [4.78, 5) is 0. The highest BCUT2D eigenvalue weighted by Gasteiger charge is 2.22. The van der Waals surface area contributed by atoms with Gasteiger partial charge in [0.25, 0.3) is 0 Å². The fraction of sp³-hybridized carbons (Fsp3) is 0.667. The van der Waals surface area contributed by atoms with E-state index in [2.05, 4.69) is 10.5 Å². The van der Waals surface area contributed by atoms with Gasteiger partial charge in [-0.1, -0.05) is 5.16 Å². The van der Waals surface area contributed by atoms with Crippen LogP contribution >= 0.6 is 0 Å². The molecule has 1 saturated heterocycles. The first kappa shape index (κ1) is 8.56. The van der Waals surface area contributed by atoms with Crippen molar-refractivity contribution in [3.05, 3.63) is 11.5 Å². The molecule has 2 heterocycles. The number of rotatable bonds is 1. The first-order valence-corrected chi connectivity index (χ1v) is 4.71. The first-order valence-electron chi connectivity index (χ1n) is 4.71. The summed E-state index contributed by atoms with van der Waals surface area (Å²) in [5, 5.41) is 7.18. The minimum atomic E-state index is 0.461. The second kappa shape index (κ2) is 3.38. The Labute approximate surface area is 77.5 Å². The van der Waals surface area contributed by atoms with Crippen LogP contribution < -0.4 is 11.1 Å². The summed E-state index contributed by atoms with van der Waals surface area (Å²) in [7, 11) is 0. The van der Waals surface area contributed by atoms with Crippen LogP contribution in [0.15, 0.2) is 4.52 Å². The van der Waals surface area contributed by atoms with Crippen LogP contribution in [-0.2, 0) is 0 Å². The minimum absolute atomic E-state index is 0.461. The lowest BCUT2D eigenvalue weighted by Crippen LogP contribution is -2.26. The molecule has 0 saturated carbocycles. The smallest absolute Gasteiger partial charge is 0.163 e. The maximum absolute atomic E-state index is 5.86. The molecule has 0 bridgehead atoms. The minimum Gasteiger partial charge on any atom is -0.394 e. The molecular formula is C9H15N3O. The van der Waals surface area contributed by atoms with Gasteiger partial charge in [0.05, 0.1) is 5.69 Å². The Kier molecular flexibility index (Phi) is 2.22. The van der Waals surface area contributed by atoms with Crippen LogP contribution in [0.5, 0.6) is 0 Å². The van der Waals surface area contributed by atoms with E-state index in [0.717, 1.165) is 43.1 Å². The number of nitrogen functional groups attached to an aromatic ring is 1. The zero-order chi connectivity index (χ0) is 9.26. The fourth-order valence-electron chi connectivity index (χ4n) is 1.77. The third kappa shape index (κ3) is 1.54. The third-order valence-corrected chi connectivity index (χ3v) is 2.65. The number of nitrogens with one attached hydrogen (secondary N) is 1. The van der Waals surface area contributed by atoms with Gasteiger partial charge in [-0.05, 0) is 32.9 Å². The molecule has 0 aliphatic carbocycles. The monoisotopic (exact) mass is 181 g/mol. The van der Waals surface area contributed by atoms with Gasteiger partial charge in [0.2, 0.25) is 0 Å². The van der Waals surface area contributed by atoms with E-state index in [4.69, 9.17) is 10.3 Å². The van der Waals surface area contributed by atoms with Crippen LogP contribution in [0.2, 0.25) is 0 Å². The van der Waals surface area contributed by atoms with E-state index in [9.17, 15) is 0 Å². The fourth-order valence-corrected chi connectivity index (χ4v) is 1.77. The highest BCUT2D eigenvalue weighted by Crippen LogP contribution is 2.30. The van der Waals surface area contributed by atoms with Crippen molar-refractivity contribution in [2.75, 3.05) is 18.8 Å². The van der Waals surface area contributed by atoms with Crippen LogP contribution in [0.4, 0.5) is 5.69 Å². The number of aryl methyl sites for hydroxylation is 1. The first-order chi connectivity index (χ1) is 6.29. The standard InChI is InChI=1S/C9H15N3O/c1-6-8(10)9(13-12-6)7-2-4-11-5-3-7/h7,11H,2-5,10H2,1H3. The highest BCUT2D eigenvalue weighted by atomic mass is 16.5. The summed E-state index contributed by atoms with van der Waals surface area (Å²) < 4.78 is 5.23. The predicted molar refractivity (Wildman–Crippen MR) is 50.5 cm³/mol. The summed E-state index contributed by atoms with van der Waals surface area (Å²) >= 11 is 0. The maximum Gasteiger partial charge on any atom is 0.163 e. The van der Waals surface area contributed by atoms with Gasteiger partial charge in [-0.15, -0.1) is 0 Å². The lowest BCUT2D eigenvalue weighted by molar-refractivity contribution is 0.327. The van der Waals surface area contributed by atoms with E-state index in [0.29, 0.717) is 5.92 Å². The molecular weight excluding hydrogens is 166 g/mol. The normalized spacial score (nSPS) is 19.2. The predicted octanol–water partition coefficient (Wildman–Crippen LogP) is 1.03. The van der Waals surface area contributed by atoms with Gasteiger partial charge < -0.3 is 15.6 Å². The Morgan fingerprint density at radius 1 is 1.46 bits per heavy atom. The molecule has 2 rings (SSSR count). The molecule has 0 radical (unpaired) electrons. The SMILES string of the molecule is Cc1noc(C2CCNCC2)c1N. The summed E-state index contributed by atoms with van der Waals surface area (Å²) in [5.41, 5.74) is 7.41. The van der Waals surface area contributed by atoms with Gasteiger partial charge in [0.15, 0.2) is 5.76 Å². The van der Waals surface area contributed by atoms with Gasteiger partial charge in [0, 0.05) is 5.92 Å².